The van der Waals surface area contributed by atoms with Gasteiger partial charge in [0, 0.05) is 16.1 Å². The number of anilines is 2. The van der Waals surface area contributed by atoms with Crippen molar-refractivity contribution in [2.24, 2.45) is 17.8 Å². The summed E-state index contributed by atoms with van der Waals surface area (Å²) in [5.41, 5.74) is 3.26. The van der Waals surface area contributed by atoms with Gasteiger partial charge < -0.3 is 25.4 Å². The highest BCUT2D eigenvalue weighted by molar-refractivity contribution is 8.02. The third-order valence-electron chi connectivity index (χ3n) is 9.75. The number of hydrogen-bond acceptors (Lipinski definition) is 6. The van der Waals surface area contributed by atoms with Gasteiger partial charge in [-0.2, -0.15) is 0 Å². The van der Waals surface area contributed by atoms with E-state index < -0.39 is 33.4 Å². The number of nitrogens with one attached hydrogen (secondary N) is 2. The molecule has 3 heterocycles. The van der Waals surface area contributed by atoms with Crippen molar-refractivity contribution in [1.29, 1.82) is 0 Å². The van der Waals surface area contributed by atoms with Gasteiger partial charge in [0.2, 0.25) is 17.7 Å². The number of rotatable bonds is 10. The highest BCUT2D eigenvalue weighted by Crippen LogP contribution is 2.71. The molecule has 0 aromatic heterocycles. The molecule has 8 nitrogen and oxygen atoms in total. The average Bonchev–Trinajstić information content (AvgIpc) is 3.53. The number of carbonyl (C=O) groups is 3. The molecule has 3 N–H and O–H groups in total. The maximum atomic E-state index is 14.5. The lowest BCUT2D eigenvalue weighted by Crippen LogP contribution is -2.56. The normalized spacial score (nSPS) is 29.3. The molecular formula is C33H43N3O5S. The lowest BCUT2D eigenvalue weighted by Gasteiger charge is -2.39. The number of carbonyl (C=O) groups excluding carboxylic acids is 3. The molecule has 5 rings (SSSR count). The van der Waals surface area contributed by atoms with Crippen molar-refractivity contribution in [3.63, 3.8) is 0 Å². The predicted molar refractivity (Wildman–Crippen MR) is 167 cm³/mol. The van der Waals surface area contributed by atoms with Crippen LogP contribution in [0, 0.1) is 31.6 Å². The Hall–Kier alpha value is -3.04. The molecule has 2 aromatic rings. The van der Waals surface area contributed by atoms with E-state index in [9.17, 15) is 19.5 Å². The third-order valence-corrected chi connectivity index (χ3v) is 11.7. The predicted octanol–water partition coefficient (Wildman–Crippen LogP) is 5.17. The highest BCUT2D eigenvalue weighted by atomic mass is 32.2. The monoisotopic (exact) mass is 593 g/mol. The van der Waals surface area contributed by atoms with Crippen molar-refractivity contribution < 1.29 is 24.2 Å². The Balaban J connectivity index is 1.53. The number of nitrogens with zero attached hydrogens (tertiary/aromatic N) is 1. The number of aliphatic hydroxyl groups excluding tert-OH is 1. The molecule has 9 heteroatoms. The fourth-order valence-electron chi connectivity index (χ4n) is 7.46. The summed E-state index contributed by atoms with van der Waals surface area (Å²) in [6, 6.07) is 11.7. The van der Waals surface area contributed by atoms with Gasteiger partial charge in [0.1, 0.15) is 11.8 Å². The van der Waals surface area contributed by atoms with Crippen molar-refractivity contribution in [3.8, 4) is 5.75 Å². The van der Waals surface area contributed by atoms with Gasteiger partial charge in [-0.05, 0) is 81.8 Å². The molecule has 3 fully saturated rings. The van der Waals surface area contributed by atoms with E-state index in [-0.39, 0.29) is 30.2 Å². The van der Waals surface area contributed by atoms with Crippen molar-refractivity contribution in [2.45, 2.75) is 82.4 Å². The Labute approximate surface area is 253 Å². The Bertz CT molecular complexity index is 1350. The number of ether oxygens (including phenoxy) is 1. The van der Waals surface area contributed by atoms with Crippen LogP contribution in [0.2, 0.25) is 0 Å². The van der Waals surface area contributed by atoms with Gasteiger partial charge in [0.15, 0.2) is 0 Å². The molecule has 3 aliphatic rings. The van der Waals surface area contributed by atoms with Gasteiger partial charge in [-0.3, -0.25) is 14.4 Å². The molecule has 3 amide bonds. The smallest absolute Gasteiger partial charge is 0.248 e. The Kier molecular flexibility index (Phi) is 8.38. The molecule has 0 radical (unpaired) electrons. The lowest BCUT2D eigenvalue weighted by atomic mass is 9.66. The molecule has 226 valence electrons. The molecule has 0 aliphatic carbocycles. The van der Waals surface area contributed by atoms with E-state index in [4.69, 9.17) is 4.74 Å². The summed E-state index contributed by atoms with van der Waals surface area (Å²) >= 11 is 1.63. The minimum atomic E-state index is -0.810. The number of thioether (sulfide) groups is 1. The zero-order valence-electron chi connectivity index (χ0n) is 25.4. The standard InChI is InChI=1S/C33H43N3O5S/c1-7-19(3)24(18-37)36-28(30(39)35-27-20(4)10-9-11-21(27)5)33-17-16-32(6,42-33)25(26(33)31(36)40)29(38)34-22-12-14-23(15-13-22)41-8-2/h9-15,19,24-26,28,37H,7-8,16-18H2,1-6H3,(H,34,38)(H,35,39)/t19-,24-,25+,26-,28?,32-,33?/m0/s1. The first-order chi connectivity index (χ1) is 20.0. The first-order valence-electron chi connectivity index (χ1n) is 15.0. The van der Waals surface area contributed by atoms with E-state index >= 15 is 0 Å². The first kappa shape index (κ1) is 30.4. The topological polar surface area (TPSA) is 108 Å². The fourth-order valence-corrected chi connectivity index (χ4v) is 9.80. The molecule has 42 heavy (non-hydrogen) atoms. The first-order valence-corrected chi connectivity index (χ1v) is 15.9. The molecule has 0 saturated carbocycles. The Morgan fingerprint density at radius 2 is 1.74 bits per heavy atom. The molecule has 3 saturated heterocycles. The number of fused-ring (bicyclic) bond motifs is 1. The van der Waals surface area contributed by atoms with Crippen LogP contribution in [0.3, 0.4) is 0 Å². The van der Waals surface area contributed by atoms with Crippen molar-refractivity contribution in [3.05, 3.63) is 53.6 Å². The fraction of sp³-hybridized carbons (Fsp3) is 0.545. The van der Waals surface area contributed by atoms with E-state index in [1.165, 1.54) is 0 Å². The van der Waals surface area contributed by atoms with Crippen molar-refractivity contribution in [2.75, 3.05) is 23.8 Å². The van der Waals surface area contributed by atoms with Crippen LogP contribution in [-0.4, -0.2) is 62.5 Å². The zero-order valence-corrected chi connectivity index (χ0v) is 26.2. The maximum absolute atomic E-state index is 14.5. The summed E-state index contributed by atoms with van der Waals surface area (Å²) in [7, 11) is 0. The van der Waals surface area contributed by atoms with E-state index in [0.717, 1.165) is 35.4 Å². The zero-order chi connectivity index (χ0) is 30.4. The second kappa shape index (κ2) is 11.6. The minimum absolute atomic E-state index is 0.0291. The number of hydrogen-bond donors (Lipinski definition) is 3. The number of benzene rings is 2. The average molecular weight is 594 g/mol. The largest absolute Gasteiger partial charge is 0.494 e. The van der Waals surface area contributed by atoms with Gasteiger partial charge in [0.05, 0.1) is 35.8 Å². The third kappa shape index (κ3) is 4.88. The van der Waals surface area contributed by atoms with Gasteiger partial charge in [-0.1, -0.05) is 38.5 Å². The summed E-state index contributed by atoms with van der Waals surface area (Å²) in [5.74, 6) is -1.28. The van der Waals surface area contributed by atoms with Gasteiger partial charge >= 0.3 is 0 Å². The van der Waals surface area contributed by atoms with E-state index in [0.29, 0.717) is 18.7 Å². The molecule has 3 aliphatic heterocycles. The SMILES string of the molecule is CCOc1ccc(NC(=O)[C@H]2[C@H]3C(=O)N([C@@H](CO)[C@@H](C)CC)C(C(=O)Nc4c(C)cccc4C)C34CC[C@]2(C)S4)cc1. The lowest BCUT2D eigenvalue weighted by molar-refractivity contribution is -0.142. The number of aryl methyl sites for hydroxylation is 2. The number of aliphatic hydroxyl groups is 1. The van der Waals surface area contributed by atoms with Crippen LogP contribution < -0.4 is 15.4 Å². The molecule has 2 bridgehead atoms. The summed E-state index contributed by atoms with van der Waals surface area (Å²) in [6.45, 7) is 12.2. The highest BCUT2D eigenvalue weighted by Gasteiger charge is 2.77. The number of amides is 3. The van der Waals surface area contributed by atoms with Gasteiger partial charge in [0.25, 0.3) is 0 Å². The van der Waals surface area contributed by atoms with Crippen molar-refractivity contribution in [1.82, 2.24) is 4.90 Å². The van der Waals surface area contributed by atoms with Crippen molar-refractivity contribution >= 4 is 40.9 Å². The van der Waals surface area contributed by atoms with Crippen LogP contribution in [0.4, 0.5) is 11.4 Å². The van der Waals surface area contributed by atoms with Gasteiger partial charge in [-0.15, -0.1) is 11.8 Å². The van der Waals surface area contributed by atoms with Crippen LogP contribution in [0.25, 0.3) is 0 Å². The van der Waals surface area contributed by atoms with Crippen LogP contribution in [0.1, 0.15) is 58.1 Å². The van der Waals surface area contributed by atoms with E-state index in [2.05, 4.69) is 17.6 Å². The van der Waals surface area contributed by atoms with Crippen LogP contribution in [0.15, 0.2) is 42.5 Å². The Morgan fingerprint density at radius 3 is 2.33 bits per heavy atom. The minimum Gasteiger partial charge on any atom is -0.494 e. The molecular weight excluding hydrogens is 550 g/mol. The van der Waals surface area contributed by atoms with Gasteiger partial charge in [-0.25, -0.2) is 0 Å². The summed E-state index contributed by atoms with van der Waals surface area (Å²) in [6.07, 6.45) is 2.11. The Morgan fingerprint density at radius 1 is 1.07 bits per heavy atom. The molecule has 7 atom stereocenters. The maximum Gasteiger partial charge on any atom is 0.248 e. The van der Waals surface area contributed by atoms with Crippen LogP contribution in [-0.2, 0) is 14.4 Å². The van der Waals surface area contributed by atoms with E-state index in [1.54, 1.807) is 28.8 Å². The summed E-state index contributed by atoms with van der Waals surface area (Å²) in [4.78, 5) is 44.6. The second-order valence-corrected chi connectivity index (χ2v) is 14.2. The number of para-hydroxylation sites is 1. The second-order valence-electron chi connectivity index (χ2n) is 12.3. The summed E-state index contributed by atoms with van der Waals surface area (Å²) in [5, 5.41) is 16.8. The quantitative estimate of drug-likeness (QED) is 0.351. The molecule has 2 unspecified atom stereocenters. The van der Waals surface area contributed by atoms with Crippen LogP contribution >= 0.6 is 11.8 Å². The summed E-state index contributed by atoms with van der Waals surface area (Å²) < 4.78 is 4.27. The number of likely N-dealkylation sites (tertiary alicyclic amines) is 1. The molecule has 1 spiro atoms. The molecule has 2 aromatic carbocycles. The van der Waals surface area contributed by atoms with Crippen LogP contribution in [0.5, 0.6) is 5.75 Å². The van der Waals surface area contributed by atoms with E-state index in [1.807, 2.05) is 65.0 Å².